The standard InChI is InChI=1S/C20H27NO2/c1-3-5-11-18(21)17-12-13-19(20(14-17)22-4-2)23-15-16-9-7-6-8-10-16/h6-10,12-14,18H,3-5,11,15,21H2,1-2H3/t18-/m0/s1. The smallest absolute Gasteiger partial charge is 0.161 e. The topological polar surface area (TPSA) is 44.5 Å². The Hall–Kier alpha value is -2.00. The third-order valence-electron chi connectivity index (χ3n) is 3.80. The third kappa shape index (κ3) is 5.29. The van der Waals surface area contributed by atoms with Crippen molar-refractivity contribution in [1.82, 2.24) is 0 Å². The van der Waals surface area contributed by atoms with Crippen LogP contribution in [0.5, 0.6) is 11.5 Å². The molecule has 2 N–H and O–H groups in total. The highest BCUT2D eigenvalue weighted by molar-refractivity contribution is 5.44. The number of rotatable bonds is 9. The van der Waals surface area contributed by atoms with Crippen molar-refractivity contribution < 1.29 is 9.47 Å². The molecule has 0 saturated heterocycles. The van der Waals surface area contributed by atoms with Crippen molar-refractivity contribution in [2.45, 2.75) is 45.8 Å². The minimum absolute atomic E-state index is 0.0531. The molecule has 2 aromatic rings. The van der Waals surface area contributed by atoms with Crippen LogP contribution in [-0.4, -0.2) is 6.61 Å². The summed E-state index contributed by atoms with van der Waals surface area (Å²) in [5.74, 6) is 1.54. The largest absolute Gasteiger partial charge is 0.490 e. The zero-order valence-electron chi connectivity index (χ0n) is 14.1. The molecule has 0 bridgehead atoms. The second-order valence-electron chi connectivity index (χ2n) is 5.66. The first kappa shape index (κ1) is 17.4. The highest BCUT2D eigenvalue weighted by Crippen LogP contribution is 2.32. The minimum Gasteiger partial charge on any atom is -0.490 e. The van der Waals surface area contributed by atoms with Crippen molar-refractivity contribution in [1.29, 1.82) is 0 Å². The predicted molar refractivity (Wildman–Crippen MR) is 94.8 cm³/mol. The first-order valence-electron chi connectivity index (χ1n) is 8.43. The van der Waals surface area contributed by atoms with Crippen molar-refractivity contribution in [3.63, 3.8) is 0 Å². The molecular weight excluding hydrogens is 286 g/mol. The fraction of sp³-hybridized carbons (Fsp3) is 0.400. The van der Waals surface area contributed by atoms with Crippen molar-refractivity contribution in [3.05, 3.63) is 59.7 Å². The summed E-state index contributed by atoms with van der Waals surface area (Å²) in [4.78, 5) is 0. The van der Waals surface area contributed by atoms with Crippen LogP contribution in [0.25, 0.3) is 0 Å². The van der Waals surface area contributed by atoms with Gasteiger partial charge in [0.25, 0.3) is 0 Å². The number of unbranched alkanes of at least 4 members (excludes halogenated alkanes) is 1. The highest BCUT2D eigenvalue weighted by atomic mass is 16.5. The fourth-order valence-corrected chi connectivity index (χ4v) is 2.47. The number of hydrogen-bond acceptors (Lipinski definition) is 3. The zero-order valence-corrected chi connectivity index (χ0v) is 14.1. The van der Waals surface area contributed by atoms with Crippen LogP contribution in [0.15, 0.2) is 48.5 Å². The van der Waals surface area contributed by atoms with Crippen molar-refractivity contribution in [2.24, 2.45) is 5.73 Å². The first-order valence-corrected chi connectivity index (χ1v) is 8.43. The number of hydrogen-bond donors (Lipinski definition) is 1. The van der Waals surface area contributed by atoms with E-state index in [1.807, 2.05) is 43.3 Å². The van der Waals surface area contributed by atoms with Gasteiger partial charge in [0.1, 0.15) is 6.61 Å². The van der Waals surface area contributed by atoms with E-state index in [1.54, 1.807) is 0 Å². The van der Waals surface area contributed by atoms with E-state index in [4.69, 9.17) is 15.2 Å². The van der Waals surface area contributed by atoms with Gasteiger partial charge >= 0.3 is 0 Å². The van der Waals surface area contributed by atoms with Gasteiger partial charge in [-0.3, -0.25) is 0 Å². The normalized spacial score (nSPS) is 12.0. The van der Waals surface area contributed by atoms with Crippen molar-refractivity contribution in [2.75, 3.05) is 6.61 Å². The summed E-state index contributed by atoms with van der Waals surface area (Å²) in [5, 5.41) is 0. The van der Waals surface area contributed by atoms with Crippen molar-refractivity contribution in [3.8, 4) is 11.5 Å². The van der Waals surface area contributed by atoms with E-state index in [9.17, 15) is 0 Å². The molecular formula is C20H27NO2. The first-order chi connectivity index (χ1) is 11.2. The Morgan fingerprint density at radius 2 is 1.74 bits per heavy atom. The van der Waals surface area contributed by atoms with Crippen LogP contribution in [-0.2, 0) is 6.61 Å². The van der Waals surface area contributed by atoms with E-state index in [2.05, 4.69) is 19.1 Å². The summed E-state index contributed by atoms with van der Waals surface area (Å²) in [6, 6.07) is 16.2. The minimum atomic E-state index is 0.0531. The van der Waals surface area contributed by atoms with Gasteiger partial charge in [0.15, 0.2) is 11.5 Å². The Labute approximate surface area is 139 Å². The SMILES string of the molecule is CCCC[C@H](N)c1ccc(OCc2ccccc2)c(OCC)c1. The molecule has 0 amide bonds. The number of nitrogens with two attached hydrogens (primary N) is 1. The Kier molecular flexibility index (Phi) is 6.95. The van der Waals surface area contributed by atoms with Crippen molar-refractivity contribution >= 4 is 0 Å². The predicted octanol–water partition coefficient (Wildman–Crippen LogP) is 4.85. The number of ether oxygens (including phenoxy) is 2. The molecule has 124 valence electrons. The molecule has 0 aliphatic carbocycles. The summed E-state index contributed by atoms with van der Waals surface area (Å²) < 4.78 is 11.7. The molecule has 0 aliphatic heterocycles. The molecule has 3 nitrogen and oxygen atoms in total. The van der Waals surface area contributed by atoms with Crippen LogP contribution in [0, 0.1) is 0 Å². The van der Waals surface area contributed by atoms with E-state index in [0.29, 0.717) is 13.2 Å². The van der Waals surface area contributed by atoms with Gasteiger partial charge in [-0.2, -0.15) is 0 Å². The molecule has 2 rings (SSSR count). The Balaban J connectivity index is 2.09. The van der Waals surface area contributed by atoms with Gasteiger partial charge in [0, 0.05) is 6.04 Å². The molecule has 0 aromatic heterocycles. The summed E-state index contributed by atoms with van der Waals surface area (Å²) in [5.41, 5.74) is 8.51. The molecule has 0 unspecified atom stereocenters. The lowest BCUT2D eigenvalue weighted by atomic mass is 10.0. The molecule has 3 heteroatoms. The zero-order chi connectivity index (χ0) is 16.5. The Bertz CT molecular complexity index is 583. The van der Waals surface area contributed by atoms with Gasteiger partial charge in [-0.05, 0) is 36.6 Å². The number of benzene rings is 2. The Morgan fingerprint density at radius 1 is 0.957 bits per heavy atom. The van der Waals surface area contributed by atoms with E-state index < -0.39 is 0 Å². The van der Waals surface area contributed by atoms with E-state index in [0.717, 1.165) is 41.9 Å². The van der Waals surface area contributed by atoms with E-state index in [1.165, 1.54) is 0 Å². The molecule has 0 spiro atoms. The second kappa shape index (κ2) is 9.21. The van der Waals surface area contributed by atoms with Gasteiger partial charge in [0.05, 0.1) is 6.61 Å². The van der Waals surface area contributed by atoms with Gasteiger partial charge in [-0.15, -0.1) is 0 Å². The monoisotopic (exact) mass is 313 g/mol. The highest BCUT2D eigenvalue weighted by Gasteiger charge is 2.11. The lowest BCUT2D eigenvalue weighted by Crippen LogP contribution is -2.10. The fourth-order valence-electron chi connectivity index (χ4n) is 2.47. The summed E-state index contributed by atoms with van der Waals surface area (Å²) in [7, 11) is 0. The van der Waals surface area contributed by atoms with Crippen LogP contribution >= 0.6 is 0 Å². The molecule has 0 saturated carbocycles. The van der Waals surface area contributed by atoms with Gasteiger partial charge in [-0.1, -0.05) is 56.2 Å². The molecule has 23 heavy (non-hydrogen) atoms. The van der Waals surface area contributed by atoms with Gasteiger partial charge in [0.2, 0.25) is 0 Å². The van der Waals surface area contributed by atoms with Crippen LogP contribution in [0.3, 0.4) is 0 Å². The molecule has 2 aromatic carbocycles. The maximum absolute atomic E-state index is 6.26. The molecule has 1 atom stereocenters. The van der Waals surface area contributed by atoms with Crippen LogP contribution in [0.4, 0.5) is 0 Å². The maximum atomic E-state index is 6.26. The molecule has 0 aliphatic rings. The summed E-state index contributed by atoms with van der Waals surface area (Å²) >= 11 is 0. The molecule has 0 fully saturated rings. The summed E-state index contributed by atoms with van der Waals surface area (Å²) in [6.07, 6.45) is 3.29. The lowest BCUT2D eigenvalue weighted by Gasteiger charge is -2.16. The van der Waals surface area contributed by atoms with E-state index >= 15 is 0 Å². The average Bonchev–Trinajstić information content (AvgIpc) is 2.59. The summed E-state index contributed by atoms with van der Waals surface area (Å²) in [6.45, 7) is 5.29. The molecule has 0 heterocycles. The molecule has 0 radical (unpaired) electrons. The van der Waals surface area contributed by atoms with Gasteiger partial charge < -0.3 is 15.2 Å². The van der Waals surface area contributed by atoms with E-state index in [-0.39, 0.29) is 6.04 Å². The van der Waals surface area contributed by atoms with Crippen LogP contribution in [0.2, 0.25) is 0 Å². The lowest BCUT2D eigenvalue weighted by molar-refractivity contribution is 0.269. The van der Waals surface area contributed by atoms with Crippen LogP contribution < -0.4 is 15.2 Å². The Morgan fingerprint density at radius 3 is 2.43 bits per heavy atom. The second-order valence-corrected chi connectivity index (χ2v) is 5.66. The third-order valence-corrected chi connectivity index (χ3v) is 3.80. The van der Waals surface area contributed by atoms with Crippen LogP contribution in [0.1, 0.15) is 50.3 Å². The average molecular weight is 313 g/mol. The quantitative estimate of drug-likeness (QED) is 0.719. The van der Waals surface area contributed by atoms with Gasteiger partial charge in [-0.25, -0.2) is 0 Å². The maximum Gasteiger partial charge on any atom is 0.161 e.